The summed E-state index contributed by atoms with van der Waals surface area (Å²) in [6.07, 6.45) is 7.46. The molecular weight excluding hydrogens is 370 g/mol. The Labute approximate surface area is 169 Å². The number of nitrogens with zero attached hydrogens (tertiary/aromatic N) is 2. The van der Waals surface area contributed by atoms with E-state index >= 15 is 0 Å². The normalized spacial score (nSPS) is 15.1. The van der Waals surface area contributed by atoms with Crippen molar-refractivity contribution < 1.29 is 19.5 Å². The van der Waals surface area contributed by atoms with Crippen LogP contribution in [0.3, 0.4) is 0 Å². The first kappa shape index (κ1) is 20.6. The molecule has 0 spiro atoms. The van der Waals surface area contributed by atoms with Crippen molar-refractivity contribution in [1.29, 1.82) is 0 Å². The van der Waals surface area contributed by atoms with Crippen molar-refractivity contribution in [3.63, 3.8) is 0 Å². The minimum absolute atomic E-state index is 0.0773. The van der Waals surface area contributed by atoms with Crippen LogP contribution in [0, 0.1) is 0 Å². The molecule has 1 fully saturated rings. The van der Waals surface area contributed by atoms with E-state index in [0.717, 1.165) is 38.4 Å². The van der Waals surface area contributed by atoms with Gasteiger partial charge in [0.15, 0.2) is 5.78 Å². The summed E-state index contributed by atoms with van der Waals surface area (Å²) in [7, 11) is 0. The molecule has 1 aliphatic heterocycles. The van der Waals surface area contributed by atoms with Gasteiger partial charge in [0.05, 0.1) is 18.9 Å². The van der Waals surface area contributed by atoms with Crippen LogP contribution in [-0.4, -0.2) is 53.1 Å². The molecule has 2 aromatic rings. The highest BCUT2D eigenvalue weighted by atomic mass is 16.5. The monoisotopic (exact) mass is 393 g/mol. The average molecular weight is 393 g/mol. The zero-order chi connectivity index (χ0) is 20.5. The lowest BCUT2D eigenvalue weighted by atomic mass is 10.1. The highest BCUT2D eigenvalue weighted by Crippen LogP contribution is 2.11. The zero-order valence-corrected chi connectivity index (χ0v) is 16.0. The van der Waals surface area contributed by atoms with E-state index < -0.39 is 5.91 Å². The molecule has 1 saturated heterocycles. The quantitative estimate of drug-likeness (QED) is 0.325. The molecule has 150 valence electrons. The number of pyridine rings is 1. The molecular formula is C22H23N3O4. The number of ether oxygens (including phenoxy) is 1. The maximum Gasteiger partial charge on any atom is 0.267 e. The van der Waals surface area contributed by atoms with Crippen molar-refractivity contribution in [1.82, 2.24) is 15.4 Å². The van der Waals surface area contributed by atoms with Crippen LogP contribution in [0.1, 0.15) is 27.2 Å². The Morgan fingerprint density at radius 2 is 1.83 bits per heavy atom. The van der Waals surface area contributed by atoms with Gasteiger partial charge in [-0.15, -0.1) is 0 Å². The van der Waals surface area contributed by atoms with E-state index in [2.05, 4.69) is 9.88 Å². The molecule has 7 heteroatoms. The summed E-state index contributed by atoms with van der Waals surface area (Å²) in [5.41, 5.74) is 4.65. The molecule has 0 radical (unpaired) electrons. The summed E-state index contributed by atoms with van der Waals surface area (Å²) in [5, 5.41) is 8.44. The Bertz CT molecular complexity index is 883. The first-order valence-electron chi connectivity index (χ1n) is 9.34. The number of nitrogens with one attached hydrogen (secondary N) is 1. The molecule has 2 N–H and O–H groups in total. The number of rotatable bonds is 7. The minimum Gasteiger partial charge on any atom is -0.379 e. The maximum atomic E-state index is 12.4. The second-order valence-corrected chi connectivity index (χ2v) is 6.61. The van der Waals surface area contributed by atoms with Crippen LogP contribution in [0.15, 0.2) is 54.7 Å². The number of amides is 1. The first-order chi connectivity index (χ1) is 14.1. The molecule has 1 aromatic heterocycles. The molecule has 2 heterocycles. The highest BCUT2D eigenvalue weighted by Gasteiger charge is 2.11. The van der Waals surface area contributed by atoms with Gasteiger partial charge in [-0.3, -0.25) is 24.7 Å². The predicted octanol–water partition coefficient (Wildman–Crippen LogP) is 2.33. The lowest BCUT2D eigenvalue weighted by Crippen LogP contribution is -2.35. The number of morpholine rings is 1. The Kier molecular flexibility index (Phi) is 7.40. The lowest BCUT2D eigenvalue weighted by Gasteiger charge is -2.26. The van der Waals surface area contributed by atoms with Gasteiger partial charge in [-0.1, -0.05) is 30.3 Å². The van der Waals surface area contributed by atoms with Gasteiger partial charge in [0, 0.05) is 37.5 Å². The topological polar surface area (TPSA) is 91.8 Å². The molecule has 0 atom stereocenters. The van der Waals surface area contributed by atoms with Gasteiger partial charge in [-0.05, 0) is 35.4 Å². The SMILES string of the molecule is O=C(C=Cc1ccc(/C=C/C(=O)c2ccc(CN3CCOCC3)cc2)cn1)NO. The molecule has 0 bridgehead atoms. The first-order valence-corrected chi connectivity index (χ1v) is 9.34. The van der Waals surface area contributed by atoms with E-state index in [1.54, 1.807) is 24.4 Å². The number of benzene rings is 1. The molecule has 0 saturated carbocycles. The number of carbonyl (C=O) groups is 2. The van der Waals surface area contributed by atoms with Gasteiger partial charge in [0.2, 0.25) is 0 Å². The van der Waals surface area contributed by atoms with Crippen LogP contribution in [-0.2, 0) is 16.1 Å². The van der Waals surface area contributed by atoms with Crippen molar-refractivity contribution >= 4 is 23.8 Å². The third-order valence-corrected chi connectivity index (χ3v) is 4.50. The van der Waals surface area contributed by atoms with Gasteiger partial charge < -0.3 is 4.74 Å². The number of hydrogen-bond donors (Lipinski definition) is 2. The summed E-state index contributed by atoms with van der Waals surface area (Å²) >= 11 is 0. The van der Waals surface area contributed by atoms with Crippen molar-refractivity contribution in [3.8, 4) is 0 Å². The standard InChI is InChI=1S/C22H23N3O4/c26-21(9-4-17-3-7-20(23-15-17)8-10-22(27)24-28)19-5-1-18(2-6-19)16-25-11-13-29-14-12-25/h1-10,15,28H,11-14,16H2,(H,24,27)/b9-4+,10-8?. The van der Waals surface area contributed by atoms with E-state index in [4.69, 9.17) is 9.94 Å². The summed E-state index contributed by atoms with van der Waals surface area (Å²) in [6.45, 7) is 4.26. The van der Waals surface area contributed by atoms with Crippen LogP contribution in [0.4, 0.5) is 0 Å². The zero-order valence-electron chi connectivity index (χ0n) is 16.0. The van der Waals surface area contributed by atoms with Crippen molar-refractivity contribution in [3.05, 3.63) is 77.1 Å². The van der Waals surface area contributed by atoms with Crippen LogP contribution in [0.5, 0.6) is 0 Å². The second-order valence-electron chi connectivity index (χ2n) is 6.61. The van der Waals surface area contributed by atoms with E-state index in [-0.39, 0.29) is 5.78 Å². The second kappa shape index (κ2) is 10.4. The number of carbonyl (C=O) groups excluding carboxylic acids is 2. The van der Waals surface area contributed by atoms with Gasteiger partial charge >= 0.3 is 0 Å². The fourth-order valence-electron chi connectivity index (χ4n) is 2.87. The Morgan fingerprint density at radius 1 is 1.07 bits per heavy atom. The Balaban J connectivity index is 1.55. The largest absolute Gasteiger partial charge is 0.379 e. The Morgan fingerprint density at radius 3 is 2.48 bits per heavy atom. The number of hydroxylamine groups is 1. The molecule has 1 amide bonds. The van der Waals surface area contributed by atoms with Crippen molar-refractivity contribution in [2.45, 2.75) is 6.54 Å². The molecule has 29 heavy (non-hydrogen) atoms. The maximum absolute atomic E-state index is 12.4. The number of aromatic nitrogens is 1. The van der Waals surface area contributed by atoms with Crippen molar-refractivity contribution in [2.75, 3.05) is 26.3 Å². The summed E-state index contributed by atoms with van der Waals surface area (Å²) < 4.78 is 5.36. The third kappa shape index (κ3) is 6.46. The summed E-state index contributed by atoms with van der Waals surface area (Å²) in [4.78, 5) is 29.9. The smallest absolute Gasteiger partial charge is 0.267 e. The summed E-state index contributed by atoms with van der Waals surface area (Å²) in [6, 6.07) is 11.2. The molecule has 1 aromatic carbocycles. The van der Waals surface area contributed by atoms with E-state index in [1.807, 2.05) is 24.3 Å². The van der Waals surface area contributed by atoms with E-state index in [0.29, 0.717) is 11.3 Å². The predicted molar refractivity (Wildman–Crippen MR) is 109 cm³/mol. The van der Waals surface area contributed by atoms with Gasteiger partial charge in [-0.25, -0.2) is 5.48 Å². The fourth-order valence-corrected chi connectivity index (χ4v) is 2.87. The molecule has 1 aliphatic rings. The molecule has 3 rings (SSSR count). The number of allylic oxidation sites excluding steroid dienone is 1. The third-order valence-electron chi connectivity index (χ3n) is 4.50. The highest BCUT2D eigenvalue weighted by molar-refractivity contribution is 6.06. The minimum atomic E-state index is -0.627. The molecule has 0 unspecified atom stereocenters. The van der Waals surface area contributed by atoms with Crippen LogP contribution >= 0.6 is 0 Å². The molecule has 7 nitrogen and oxygen atoms in total. The number of hydrogen-bond acceptors (Lipinski definition) is 6. The van der Waals surface area contributed by atoms with Gasteiger partial charge in [0.25, 0.3) is 5.91 Å². The van der Waals surface area contributed by atoms with E-state index in [9.17, 15) is 9.59 Å². The summed E-state index contributed by atoms with van der Waals surface area (Å²) in [5.74, 6) is -0.705. The van der Waals surface area contributed by atoms with Gasteiger partial charge in [0.1, 0.15) is 0 Å². The average Bonchev–Trinajstić information content (AvgIpc) is 2.77. The van der Waals surface area contributed by atoms with Gasteiger partial charge in [-0.2, -0.15) is 0 Å². The van der Waals surface area contributed by atoms with Crippen LogP contribution in [0.2, 0.25) is 0 Å². The Hall–Kier alpha value is -3.13. The fraction of sp³-hybridized carbons (Fsp3) is 0.227. The lowest BCUT2D eigenvalue weighted by molar-refractivity contribution is -0.124. The van der Waals surface area contributed by atoms with Crippen LogP contribution in [0.25, 0.3) is 12.2 Å². The van der Waals surface area contributed by atoms with E-state index in [1.165, 1.54) is 29.3 Å². The number of ketones is 1. The van der Waals surface area contributed by atoms with Crippen molar-refractivity contribution in [2.24, 2.45) is 0 Å². The van der Waals surface area contributed by atoms with Crippen LogP contribution < -0.4 is 5.48 Å². The molecule has 0 aliphatic carbocycles.